The minimum atomic E-state index is -3.90. The first kappa shape index (κ1) is 32.2. The molecule has 1 N–H and O–H groups in total. The molecule has 0 saturated carbocycles. The summed E-state index contributed by atoms with van der Waals surface area (Å²) in [7, 11) is -2.40. The molecule has 11 heteroatoms. The summed E-state index contributed by atoms with van der Waals surface area (Å²) in [5, 5.41) is 3.61. The molecular formula is C30H35Cl2N3O5S. The number of benzene rings is 3. The van der Waals surface area contributed by atoms with Crippen molar-refractivity contribution in [1.82, 2.24) is 10.2 Å². The lowest BCUT2D eigenvalue weighted by Crippen LogP contribution is -2.56. The molecule has 3 rings (SSSR count). The number of amides is 2. The van der Waals surface area contributed by atoms with Crippen LogP contribution < -0.4 is 14.4 Å². The van der Waals surface area contributed by atoms with Crippen LogP contribution in [0.15, 0.2) is 72.8 Å². The van der Waals surface area contributed by atoms with Gasteiger partial charge in [0.25, 0.3) is 0 Å². The predicted molar refractivity (Wildman–Crippen MR) is 164 cm³/mol. The summed E-state index contributed by atoms with van der Waals surface area (Å²) in [6, 6.07) is 19.6. The normalized spacial score (nSPS) is 12.4. The van der Waals surface area contributed by atoms with Gasteiger partial charge in [0.2, 0.25) is 21.8 Å². The van der Waals surface area contributed by atoms with Crippen LogP contribution in [0.2, 0.25) is 10.0 Å². The molecule has 220 valence electrons. The van der Waals surface area contributed by atoms with Gasteiger partial charge >= 0.3 is 0 Å². The van der Waals surface area contributed by atoms with Gasteiger partial charge < -0.3 is 15.0 Å². The van der Waals surface area contributed by atoms with Gasteiger partial charge in [-0.15, -0.1) is 0 Å². The summed E-state index contributed by atoms with van der Waals surface area (Å²) in [4.78, 5) is 29.3. The van der Waals surface area contributed by atoms with Crippen molar-refractivity contribution in [2.75, 3.05) is 24.2 Å². The molecule has 1 unspecified atom stereocenters. The predicted octanol–water partition coefficient (Wildman–Crippen LogP) is 5.32. The Hall–Kier alpha value is -3.27. The topological polar surface area (TPSA) is 96.0 Å². The highest BCUT2D eigenvalue weighted by Gasteiger charge is 2.35. The van der Waals surface area contributed by atoms with Crippen LogP contribution in [0, 0.1) is 0 Å². The molecule has 2 amide bonds. The Kier molecular flexibility index (Phi) is 10.7. The van der Waals surface area contributed by atoms with Crippen LogP contribution in [0.25, 0.3) is 0 Å². The molecule has 0 aliphatic rings. The van der Waals surface area contributed by atoms with Gasteiger partial charge in [-0.3, -0.25) is 13.9 Å². The Bertz CT molecular complexity index is 1440. The zero-order chi connectivity index (χ0) is 30.4. The third-order valence-corrected chi connectivity index (χ3v) is 8.05. The quantitative estimate of drug-likeness (QED) is 0.313. The molecule has 3 aromatic rings. The van der Waals surface area contributed by atoms with E-state index in [2.05, 4.69) is 5.32 Å². The maximum Gasteiger partial charge on any atom is 0.244 e. The lowest BCUT2D eigenvalue weighted by atomic mass is 10.0. The van der Waals surface area contributed by atoms with E-state index in [0.29, 0.717) is 21.4 Å². The van der Waals surface area contributed by atoms with Gasteiger partial charge in [-0.1, -0.05) is 59.6 Å². The molecular weight excluding hydrogens is 585 g/mol. The first-order chi connectivity index (χ1) is 19.2. The molecule has 0 bridgehead atoms. The Morgan fingerprint density at radius 1 is 0.927 bits per heavy atom. The number of methoxy groups -OCH3 is 1. The summed E-state index contributed by atoms with van der Waals surface area (Å²) in [6.07, 6.45) is 1.20. The Balaban J connectivity index is 2.11. The van der Waals surface area contributed by atoms with E-state index in [1.54, 1.807) is 42.5 Å². The maximum atomic E-state index is 14.2. The average molecular weight is 621 g/mol. The maximum absolute atomic E-state index is 14.2. The van der Waals surface area contributed by atoms with Gasteiger partial charge in [-0.05, 0) is 62.7 Å². The number of ether oxygens (including phenoxy) is 1. The van der Waals surface area contributed by atoms with Crippen LogP contribution in [0.1, 0.15) is 31.9 Å². The van der Waals surface area contributed by atoms with E-state index in [4.69, 9.17) is 27.9 Å². The van der Waals surface area contributed by atoms with E-state index in [9.17, 15) is 18.0 Å². The van der Waals surface area contributed by atoms with Crippen molar-refractivity contribution in [2.24, 2.45) is 0 Å². The minimum Gasteiger partial charge on any atom is -0.497 e. The molecule has 8 nitrogen and oxygen atoms in total. The van der Waals surface area contributed by atoms with Crippen LogP contribution in [-0.2, 0) is 32.6 Å². The van der Waals surface area contributed by atoms with Crippen LogP contribution in [-0.4, -0.2) is 56.6 Å². The summed E-state index contributed by atoms with van der Waals surface area (Å²) < 4.78 is 32.0. The molecule has 0 spiro atoms. The molecule has 0 fully saturated rings. The second-order valence-corrected chi connectivity index (χ2v) is 13.4. The fourth-order valence-electron chi connectivity index (χ4n) is 4.22. The summed E-state index contributed by atoms with van der Waals surface area (Å²) in [5.74, 6) is -0.467. The van der Waals surface area contributed by atoms with Crippen LogP contribution in [0.5, 0.6) is 5.75 Å². The number of nitrogens with zero attached hydrogens (tertiary/aromatic N) is 2. The van der Waals surface area contributed by atoms with Gasteiger partial charge in [-0.25, -0.2) is 8.42 Å². The largest absolute Gasteiger partial charge is 0.497 e. The molecule has 0 aromatic heterocycles. The highest BCUT2D eigenvalue weighted by molar-refractivity contribution is 7.92. The Labute approximate surface area is 252 Å². The van der Waals surface area contributed by atoms with Gasteiger partial charge in [0.1, 0.15) is 18.3 Å². The number of hydrogen-bond donors (Lipinski definition) is 1. The van der Waals surface area contributed by atoms with Crippen molar-refractivity contribution >= 4 is 50.7 Å². The number of carbonyl (C=O) groups is 2. The molecule has 0 aliphatic heterocycles. The smallest absolute Gasteiger partial charge is 0.244 e. The second kappa shape index (κ2) is 13.6. The number of sulfonamides is 1. The van der Waals surface area contributed by atoms with Gasteiger partial charge in [0.05, 0.1) is 19.1 Å². The van der Waals surface area contributed by atoms with Crippen LogP contribution in [0.4, 0.5) is 5.69 Å². The summed E-state index contributed by atoms with van der Waals surface area (Å²) in [6.45, 7) is 4.86. The number of anilines is 1. The molecule has 0 radical (unpaired) electrons. The van der Waals surface area contributed by atoms with E-state index in [1.165, 1.54) is 12.0 Å². The molecule has 3 aromatic carbocycles. The third kappa shape index (κ3) is 9.11. The van der Waals surface area contributed by atoms with E-state index in [1.807, 2.05) is 51.1 Å². The van der Waals surface area contributed by atoms with Crippen molar-refractivity contribution in [1.29, 1.82) is 0 Å². The van der Waals surface area contributed by atoms with Gasteiger partial charge in [-0.2, -0.15) is 0 Å². The summed E-state index contributed by atoms with van der Waals surface area (Å²) >= 11 is 13.0. The minimum absolute atomic E-state index is 0.118. The fraction of sp³-hybridized carbons (Fsp3) is 0.333. The standard InChI is InChI=1S/C30H35Cl2N3O5S/c1-30(2,3)33-29(37)27(18-21-10-7-6-8-11-21)34(19-24-25(31)12-9-13-26(24)32)28(36)20-35(41(5,38)39)22-14-16-23(40-4)17-15-22/h6-17,27H,18-20H2,1-5H3,(H,33,37). The van der Waals surface area contributed by atoms with Crippen LogP contribution in [0.3, 0.4) is 0 Å². The number of rotatable bonds is 11. The average Bonchev–Trinajstić information content (AvgIpc) is 2.89. The van der Waals surface area contributed by atoms with E-state index >= 15 is 0 Å². The lowest BCUT2D eigenvalue weighted by molar-refractivity contribution is -0.140. The molecule has 0 saturated heterocycles. The Morgan fingerprint density at radius 2 is 1.51 bits per heavy atom. The van der Waals surface area contributed by atoms with E-state index < -0.39 is 40.0 Å². The monoisotopic (exact) mass is 619 g/mol. The van der Waals surface area contributed by atoms with Crippen molar-refractivity contribution < 1.29 is 22.7 Å². The van der Waals surface area contributed by atoms with Crippen LogP contribution >= 0.6 is 23.2 Å². The molecule has 0 aliphatic carbocycles. The number of carbonyl (C=O) groups excluding carboxylic acids is 2. The fourth-order valence-corrected chi connectivity index (χ4v) is 5.59. The first-order valence-electron chi connectivity index (χ1n) is 12.9. The SMILES string of the molecule is COc1ccc(N(CC(=O)N(Cc2c(Cl)cccc2Cl)C(Cc2ccccc2)C(=O)NC(C)(C)C)S(C)(=O)=O)cc1. The highest BCUT2D eigenvalue weighted by atomic mass is 35.5. The second-order valence-electron chi connectivity index (χ2n) is 10.6. The molecule has 1 atom stereocenters. The van der Waals surface area contributed by atoms with E-state index in [0.717, 1.165) is 16.1 Å². The van der Waals surface area contributed by atoms with E-state index in [-0.39, 0.29) is 18.7 Å². The first-order valence-corrected chi connectivity index (χ1v) is 15.5. The van der Waals surface area contributed by atoms with Crippen molar-refractivity contribution in [2.45, 2.75) is 45.3 Å². The van der Waals surface area contributed by atoms with Crippen molar-refractivity contribution in [3.05, 3.63) is 94.0 Å². The van der Waals surface area contributed by atoms with Gasteiger partial charge in [0, 0.05) is 34.1 Å². The number of halogens is 2. The number of nitrogens with one attached hydrogen (secondary N) is 1. The highest BCUT2D eigenvalue weighted by Crippen LogP contribution is 2.28. The lowest BCUT2D eigenvalue weighted by Gasteiger charge is -2.35. The summed E-state index contributed by atoms with van der Waals surface area (Å²) in [5.41, 5.74) is 0.946. The Morgan fingerprint density at radius 3 is 2.02 bits per heavy atom. The molecule has 0 heterocycles. The van der Waals surface area contributed by atoms with Crippen molar-refractivity contribution in [3.63, 3.8) is 0 Å². The van der Waals surface area contributed by atoms with Crippen molar-refractivity contribution in [3.8, 4) is 5.75 Å². The van der Waals surface area contributed by atoms with Gasteiger partial charge in [0.15, 0.2) is 0 Å². The number of hydrogen-bond acceptors (Lipinski definition) is 5. The molecule has 41 heavy (non-hydrogen) atoms. The zero-order valence-corrected chi connectivity index (χ0v) is 26.1. The zero-order valence-electron chi connectivity index (χ0n) is 23.7. The third-order valence-electron chi connectivity index (χ3n) is 6.20.